The Kier molecular flexibility index (Phi) is 5.37. The Morgan fingerprint density at radius 3 is 3.05 bits per heavy atom. The summed E-state index contributed by atoms with van der Waals surface area (Å²) in [5, 5.41) is 4.94. The van der Waals surface area contributed by atoms with Gasteiger partial charge in [-0.05, 0) is 36.9 Å². The van der Waals surface area contributed by atoms with Crippen molar-refractivity contribution in [3.8, 4) is 0 Å². The Bertz CT molecular complexity index is 569. The van der Waals surface area contributed by atoms with Crippen molar-refractivity contribution in [1.82, 2.24) is 10.2 Å². The third kappa shape index (κ3) is 3.56. The van der Waals surface area contributed by atoms with Crippen molar-refractivity contribution in [1.29, 1.82) is 0 Å². The molecule has 1 aliphatic rings. The van der Waals surface area contributed by atoms with E-state index < -0.39 is 5.60 Å². The van der Waals surface area contributed by atoms with E-state index in [9.17, 15) is 9.59 Å². The molecule has 0 fully saturated rings. The first-order valence-corrected chi connectivity index (χ1v) is 8.27. The maximum absolute atomic E-state index is 12.1. The molecule has 0 bridgehead atoms. The number of amides is 2. The predicted molar refractivity (Wildman–Crippen MR) is 86.8 cm³/mol. The second-order valence-corrected chi connectivity index (χ2v) is 6.42. The van der Waals surface area contributed by atoms with Gasteiger partial charge >= 0.3 is 0 Å². The fourth-order valence-electron chi connectivity index (χ4n) is 2.57. The first kappa shape index (κ1) is 16.7. The van der Waals surface area contributed by atoms with Gasteiger partial charge in [-0.3, -0.25) is 9.59 Å². The highest BCUT2D eigenvalue weighted by molar-refractivity contribution is 7.10. The van der Waals surface area contributed by atoms with Crippen molar-refractivity contribution in [3.63, 3.8) is 0 Å². The van der Waals surface area contributed by atoms with Gasteiger partial charge in [0.1, 0.15) is 5.60 Å². The summed E-state index contributed by atoms with van der Waals surface area (Å²) < 4.78 is 5.90. The molecule has 2 amide bonds. The molecule has 1 aliphatic heterocycles. The van der Waals surface area contributed by atoms with Crippen LogP contribution in [0.5, 0.6) is 0 Å². The lowest BCUT2D eigenvalue weighted by atomic mass is 9.93. The van der Waals surface area contributed by atoms with Gasteiger partial charge in [0.2, 0.25) is 11.8 Å². The number of nitrogens with one attached hydrogen (secondary N) is 1. The lowest BCUT2D eigenvalue weighted by molar-refractivity contribution is -0.133. The topological polar surface area (TPSA) is 58.6 Å². The van der Waals surface area contributed by atoms with E-state index in [-0.39, 0.29) is 18.4 Å². The van der Waals surface area contributed by atoms with Crippen LogP contribution >= 0.6 is 11.3 Å². The SMILES string of the molecule is C=CC(=O)N(CC)CC(=O)NCC1(C)OCCc2sccc21. The molecule has 0 saturated heterocycles. The summed E-state index contributed by atoms with van der Waals surface area (Å²) in [7, 11) is 0. The summed E-state index contributed by atoms with van der Waals surface area (Å²) in [5.74, 6) is -0.429. The maximum Gasteiger partial charge on any atom is 0.246 e. The number of hydrogen-bond acceptors (Lipinski definition) is 4. The Hall–Kier alpha value is -1.66. The van der Waals surface area contributed by atoms with E-state index in [1.54, 1.807) is 11.3 Å². The Labute approximate surface area is 135 Å². The van der Waals surface area contributed by atoms with Gasteiger partial charge < -0.3 is 15.0 Å². The van der Waals surface area contributed by atoms with E-state index in [1.165, 1.54) is 15.9 Å². The molecule has 2 rings (SSSR count). The van der Waals surface area contributed by atoms with Gasteiger partial charge in [-0.25, -0.2) is 0 Å². The van der Waals surface area contributed by atoms with E-state index in [0.717, 1.165) is 12.0 Å². The highest BCUT2D eigenvalue weighted by Crippen LogP contribution is 2.35. The number of carbonyl (C=O) groups is 2. The Morgan fingerprint density at radius 2 is 2.36 bits per heavy atom. The maximum atomic E-state index is 12.1. The third-order valence-electron chi connectivity index (χ3n) is 3.89. The average molecular weight is 322 g/mol. The van der Waals surface area contributed by atoms with Crippen molar-refractivity contribution in [2.45, 2.75) is 25.9 Å². The molecule has 22 heavy (non-hydrogen) atoms. The standard InChI is InChI=1S/C16H22N2O3S/c1-4-15(20)18(5-2)10-14(19)17-11-16(3)12-7-9-22-13(12)6-8-21-16/h4,7,9H,1,5-6,8,10-11H2,2-3H3,(H,17,19). The largest absolute Gasteiger partial charge is 0.368 e. The second kappa shape index (κ2) is 7.07. The van der Waals surface area contributed by atoms with Crippen LogP contribution < -0.4 is 5.32 Å². The summed E-state index contributed by atoms with van der Waals surface area (Å²) >= 11 is 1.73. The number of rotatable bonds is 6. The monoisotopic (exact) mass is 322 g/mol. The highest BCUT2D eigenvalue weighted by Gasteiger charge is 2.34. The van der Waals surface area contributed by atoms with Gasteiger partial charge in [0.25, 0.3) is 0 Å². The first-order valence-electron chi connectivity index (χ1n) is 7.39. The first-order chi connectivity index (χ1) is 10.5. The summed E-state index contributed by atoms with van der Waals surface area (Å²) in [6.45, 7) is 8.84. The zero-order valence-corrected chi connectivity index (χ0v) is 13.9. The number of nitrogens with zero attached hydrogens (tertiary/aromatic N) is 1. The van der Waals surface area contributed by atoms with Gasteiger partial charge in [-0.15, -0.1) is 11.3 Å². The average Bonchev–Trinajstić information content (AvgIpc) is 3.00. The minimum atomic E-state index is -0.497. The zero-order valence-electron chi connectivity index (χ0n) is 13.1. The molecule has 0 aromatic carbocycles. The van der Waals surface area contributed by atoms with Gasteiger partial charge in [0.05, 0.1) is 19.7 Å². The lowest BCUT2D eigenvalue weighted by Gasteiger charge is -2.34. The molecule has 1 aromatic rings. The van der Waals surface area contributed by atoms with E-state index in [1.807, 2.05) is 13.8 Å². The molecular formula is C16H22N2O3S. The predicted octanol–water partition coefficient (Wildman–Crippen LogP) is 1.69. The number of likely N-dealkylation sites (N-methyl/N-ethyl adjacent to an activating group) is 1. The summed E-state index contributed by atoms with van der Waals surface area (Å²) in [4.78, 5) is 26.4. The summed E-state index contributed by atoms with van der Waals surface area (Å²) in [6, 6.07) is 2.06. The molecule has 2 heterocycles. The molecule has 1 aromatic heterocycles. The van der Waals surface area contributed by atoms with Gasteiger partial charge in [-0.1, -0.05) is 6.58 Å². The lowest BCUT2D eigenvalue weighted by Crippen LogP contribution is -2.46. The molecule has 0 spiro atoms. The van der Waals surface area contributed by atoms with Crippen LogP contribution in [0, 0.1) is 0 Å². The van der Waals surface area contributed by atoms with Crippen LogP contribution in [0.15, 0.2) is 24.1 Å². The summed E-state index contributed by atoms with van der Waals surface area (Å²) in [5.41, 5.74) is 0.654. The van der Waals surface area contributed by atoms with Crippen molar-refractivity contribution in [2.75, 3.05) is 26.2 Å². The van der Waals surface area contributed by atoms with E-state index >= 15 is 0 Å². The van der Waals surface area contributed by atoms with Crippen molar-refractivity contribution < 1.29 is 14.3 Å². The molecule has 0 radical (unpaired) electrons. The van der Waals surface area contributed by atoms with Gasteiger partial charge in [0, 0.05) is 17.8 Å². The normalized spacial score (nSPS) is 20.1. The molecule has 120 valence electrons. The van der Waals surface area contributed by atoms with Crippen LogP contribution in [0.1, 0.15) is 24.3 Å². The summed E-state index contributed by atoms with van der Waals surface area (Å²) in [6.07, 6.45) is 2.15. The van der Waals surface area contributed by atoms with Crippen molar-refractivity contribution in [3.05, 3.63) is 34.5 Å². The van der Waals surface area contributed by atoms with Crippen LogP contribution in [0.3, 0.4) is 0 Å². The molecular weight excluding hydrogens is 300 g/mol. The van der Waals surface area contributed by atoms with Gasteiger partial charge in [0.15, 0.2) is 0 Å². The number of hydrogen-bond donors (Lipinski definition) is 1. The highest BCUT2D eigenvalue weighted by atomic mass is 32.1. The Balaban J connectivity index is 1.94. The quantitative estimate of drug-likeness (QED) is 0.811. The minimum Gasteiger partial charge on any atom is -0.368 e. The second-order valence-electron chi connectivity index (χ2n) is 5.42. The Morgan fingerprint density at radius 1 is 1.59 bits per heavy atom. The molecule has 5 nitrogen and oxygen atoms in total. The number of ether oxygens (including phenoxy) is 1. The van der Waals surface area contributed by atoms with Crippen LogP contribution in [0.4, 0.5) is 0 Å². The van der Waals surface area contributed by atoms with E-state index in [4.69, 9.17) is 4.74 Å². The van der Waals surface area contributed by atoms with Crippen LogP contribution in [-0.2, 0) is 26.3 Å². The van der Waals surface area contributed by atoms with Gasteiger partial charge in [-0.2, -0.15) is 0 Å². The smallest absolute Gasteiger partial charge is 0.246 e. The zero-order chi connectivity index (χ0) is 16.2. The molecule has 1 unspecified atom stereocenters. The molecule has 6 heteroatoms. The number of carbonyl (C=O) groups excluding carboxylic acids is 2. The van der Waals surface area contributed by atoms with Crippen LogP contribution in [0.2, 0.25) is 0 Å². The van der Waals surface area contributed by atoms with Crippen molar-refractivity contribution in [2.24, 2.45) is 0 Å². The molecule has 0 aliphatic carbocycles. The molecule has 0 saturated carbocycles. The van der Waals surface area contributed by atoms with Crippen LogP contribution in [0.25, 0.3) is 0 Å². The van der Waals surface area contributed by atoms with E-state index in [2.05, 4.69) is 23.3 Å². The van der Waals surface area contributed by atoms with Crippen LogP contribution in [-0.4, -0.2) is 43.0 Å². The fraction of sp³-hybridized carbons (Fsp3) is 0.500. The number of thiophene rings is 1. The minimum absolute atomic E-state index is 0.0356. The molecule has 1 atom stereocenters. The van der Waals surface area contributed by atoms with E-state index in [0.29, 0.717) is 19.7 Å². The third-order valence-corrected chi connectivity index (χ3v) is 4.87. The molecule has 1 N–H and O–H groups in total. The number of fused-ring (bicyclic) bond motifs is 1. The fourth-order valence-corrected chi connectivity index (χ4v) is 3.55. The van der Waals surface area contributed by atoms with Crippen molar-refractivity contribution >= 4 is 23.2 Å².